The van der Waals surface area contributed by atoms with Crippen LogP contribution in [0.25, 0.3) is 11.1 Å². The van der Waals surface area contributed by atoms with E-state index in [0.717, 1.165) is 90.6 Å². The summed E-state index contributed by atoms with van der Waals surface area (Å²) in [4.78, 5) is 26.6. The molecule has 11 heteroatoms. The van der Waals surface area contributed by atoms with Gasteiger partial charge >= 0.3 is 11.9 Å². The number of carbonyl (C=O) groups is 2. The first-order valence-corrected chi connectivity index (χ1v) is 18.1. The van der Waals surface area contributed by atoms with Crippen molar-refractivity contribution < 1.29 is 37.7 Å². The molecule has 0 radical (unpaired) electrons. The molecular weight excluding hydrogens is 665 g/mol. The number of ether oxygens (including phenoxy) is 1. The van der Waals surface area contributed by atoms with Crippen LogP contribution in [0, 0.1) is 0 Å². The summed E-state index contributed by atoms with van der Waals surface area (Å²) in [5.74, 6) is -5.52. The van der Waals surface area contributed by atoms with Gasteiger partial charge in [0.05, 0.1) is 22.5 Å². The lowest BCUT2D eigenvalue weighted by atomic mass is 9.78. The van der Waals surface area contributed by atoms with Gasteiger partial charge in [0, 0.05) is 62.9 Å². The molecule has 2 aromatic rings. The monoisotopic (exact) mass is 705 g/mol. The third kappa shape index (κ3) is 5.48. The number of thioether (sulfide) groups is 1. The van der Waals surface area contributed by atoms with Crippen molar-refractivity contribution in [2.75, 3.05) is 30.3 Å². The van der Waals surface area contributed by atoms with Crippen LogP contribution in [-0.4, -0.2) is 53.1 Å². The molecule has 262 valence electrons. The Morgan fingerprint density at radius 3 is 2.48 bits per heavy atom. The Kier molecular flexibility index (Phi) is 8.77. The van der Waals surface area contributed by atoms with E-state index in [-0.39, 0.29) is 16.0 Å². The Morgan fingerprint density at radius 1 is 1.02 bits per heavy atom. The van der Waals surface area contributed by atoms with Crippen LogP contribution >= 0.6 is 11.8 Å². The largest absolute Gasteiger partial charge is 0.481 e. The van der Waals surface area contributed by atoms with E-state index in [1.165, 1.54) is 6.92 Å². The minimum absolute atomic E-state index is 0.0950. The Hall–Kier alpha value is -4.25. The Bertz CT molecular complexity index is 2150. The fraction of sp³-hybridized carbons (Fsp3) is 0.410. The first kappa shape index (κ1) is 34.2. The van der Waals surface area contributed by atoms with Crippen molar-refractivity contribution in [1.29, 1.82) is 0 Å². The molecule has 2 aromatic carbocycles. The molecule has 5 aliphatic heterocycles. The van der Waals surface area contributed by atoms with Crippen LogP contribution in [0.1, 0.15) is 81.2 Å². The fourth-order valence-electron chi connectivity index (χ4n) is 8.59. The number of hydrogen-bond donors (Lipinski definition) is 2. The zero-order chi connectivity index (χ0) is 35.6. The van der Waals surface area contributed by atoms with Gasteiger partial charge in [0.1, 0.15) is 42.3 Å². The summed E-state index contributed by atoms with van der Waals surface area (Å²) >= 11 is 0.654. The van der Waals surface area contributed by atoms with E-state index in [0.29, 0.717) is 46.9 Å². The molecule has 0 spiro atoms. The molecule has 0 saturated heterocycles. The number of aliphatic carboxylic acids is 2. The summed E-state index contributed by atoms with van der Waals surface area (Å²) in [5, 5.41) is 21.3. The lowest BCUT2D eigenvalue weighted by molar-refractivity contribution is -0.134. The van der Waals surface area contributed by atoms with Gasteiger partial charge in [-0.3, -0.25) is 4.79 Å². The number of rotatable bonds is 7. The summed E-state index contributed by atoms with van der Waals surface area (Å²) in [5.41, 5.74) is 4.10. The lowest BCUT2D eigenvalue weighted by Crippen LogP contribution is -2.48. The van der Waals surface area contributed by atoms with Crippen LogP contribution in [0.2, 0.25) is 0 Å². The quantitative estimate of drug-likeness (QED) is 0.184. The van der Waals surface area contributed by atoms with E-state index in [1.54, 1.807) is 0 Å². The van der Waals surface area contributed by atoms with Gasteiger partial charge < -0.3 is 19.8 Å². The first-order valence-electron chi connectivity index (χ1n) is 17.2. The molecule has 5 aliphatic rings. The Morgan fingerprint density at radius 2 is 1.76 bits per heavy atom. The molecule has 2 N–H and O–H groups in total. The molecular formula is C39H40F3N2O5S+. The SMILES string of the molecule is CC1=CC(C)(C)N2CCCc3c4c(cc1c32)C(C(/C(F)=C(\C)SCC(=O)O)=C(C(=O)O)/C(F)=C/F)=c1cc2c3c(c1O4)CCC[N+]=3CCCC2. The topological polar surface area (TPSA) is 90.1 Å². The third-order valence-corrected chi connectivity index (χ3v) is 11.6. The smallest absolute Gasteiger partial charge is 0.339 e. The molecule has 0 fully saturated rings. The molecule has 0 atom stereocenters. The molecule has 0 saturated carbocycles. The summed E-state index contributed by atoms with van der Waals surface area (Å²) in [6.07, 6.45) is 7.35. The number of allylic oxidation sites excluding steroid dienone is 4. The maximum absolute atomic E-state index is 17.2. The van der Waals surface area contributed by atoms with Crippen molar-refractivity contribution in [3.8, 4) is 11.5 Å². The average molecular weight is 706 g/mol. The standard InChI is InChI=1S/C39H39F3N2O5S/c1-20-17-39(3,4)44-14-8-11-24-35(44)25(20)16-27-30(32(31(38(47)48)28(41)18-40)33(42)21(2)50-19-29(45)46)26-15-22-9-5-6-12-43-13-7-10-23(34(22)43)36(26)49-37(24)27/h15-18H,5-14,19H2,1-4H3,(H-,45,46,47,48)/p+1/b28-18-,32-31+,33-21-. The lowest BCUT2D eigenvalue weighted by Gasteiger charge is -2.47. The van der Waals surface area contributed by atoms with Gasteiger partial charge in [0.25, 0.3) is 0 Å². The Labute approximate surface area is 292 Å². The van der Waals surface area contributed by atoms with E-state index in [1.807, 2.05) is 19.1 Å². The van der Waals surface area contributed by atoms with Crippen molar-refractivity contribution in [2.24, 2.45) is 0 Å². The number of carboxylic acid groups (broad SMARTS) is 2. The second-order valence-corrected chi connectivity index (χ2v) is 15.4. The van der Waals surface area contributed by atoms with E-state index < -0.39 is 46.8 Å². The zero-order valence-electron chi connectivity index (χ0n) is 28.6. The van der Waals surface area contributed by atoms with Crippen molar-refractivity contribution in [3.05, 3.63) is 90.6 Å². The Balaban J connectivity index is 1.70. The van der Waals surface area contributed by atoms with Crippen molar-refractivity contribution in [2.45, 2.75) is 78.2 Å². The third-order valence-electron chi connectivity index (χ3n) is 10.6. The van der Waals surface area contributed by atoms with Crippen molar-refractivity contribution >= 4 is 40.5 Å². The first-order chi connectivity index (χ1) is 23.8. The van der Waals surface area contributed by atoms with Gasteiger partial charge in [-0.25, -0.2) is 22.5 Å². The van der Waals surface area contributed by atoms with E-state index in [4.69, 9.17) is 4.74 Å². The molecule has 0 aliphatic carbocycles. The molecule has 0 amide bonds. The normalized spacial score (nSPS) is 19.9. The summed E-state index contributed by atoms with van der Waals surface area (Å²) in [7, 11) is 0. The maximum atomic E-state index is 17.2. The van der Waals surface area contributed by atoms with Crippen LogP contribution in [-0.2, 0) is 28.9 Å². The van der Waals surface area contributed by atoms with Crippen LogP contribution in [0.5, 0.6) is 11.5 Å². The number of carboxylic acids is 2. The number of aryl methyl sites for hydroxylation is 1. The molecule has 0 bridgehead atoms. The van der Waals surface area contributed by atoms with Gasteiger partial charge in [-0.15, -0.1) is 11.8 Å². The highest BCUT2D eigenvalue weighted by molar-refractivity contribution is 8.03. The van der Waals surface area contributed by atoms with E-state index in [9.17, 15) is 24.2 Å². The fourth-order valence-corrected chi connectivity index (χ4v) is 9.15. The van der Waals surface area contributed by atoms with E-state index in [2.05, 4.69) is 29.4 Å². The number of hydrogen-bond acceptors (Lipinski definition) is 5. The average Bonchev–Trinajstić information content (AvgIpc) is 3.29. The molecule has 7 nitrogen and oxygen atoms in total. The highest BCUT2D eigenvalue weighted by Gasteiger charge is 2.41. The van der Waals surface area contributed by atoms with Gasteiger partial charge in [-0.1, -0.05) is 6.08 Å². The molecule has 0 unspecified atom stereocenters. The minimum atomic E-state index is -1.86. The van der Waals surface area contributed by atoms with Crippen molar-refractivity contribution in [1.82, 2.24) is 4.58 Å². The van der Waals surface area contributed by atoms with Gasteiger partial charge in [-0.2, -0.15) is 0 Å². The molecule has 50 heavy (non-hydrogen) atoms. The van der Waals surface area contributed by atoms with Gasteiger partial charge in [-0.05, 0) is 77.5 Å². The number of anilines is 1. The predicted octanol–water partition coefficient (Wildman–Crippen LogP) is 6.89. The second kappa shape index (κ2) is 12.8. The van der Waals surface area contributed by atoms with Crippen LogP contribution in [0.3, 0.4) is 0 Å². The zero-order valence-corrected chi connectivity index (χ0v) is 29.5. The summed E-state index contributed by atoms with van der Waals surface area (Å²) in [6.45, 7) is 10.2. The number of fused-ring (bicyclic) bond motifs is 4. The summed E-state index contributed by atoms with van der Waals surface area (Å²) < 4.78 is 56.2. The van der Waals surface area contributed by atoms with Gasteiger partial charge in [0.15, 0.2) is 5.83 Å². The molecule has 5 heterocycles. The highest BCUT2D eigenvalue weighted by Crippen LogP contribution is 2.53. The maximum Gasteiger partial charge on any atom is 0.339 e. The predicted molar refractivity (Wildman–Crippen MR) is 189 cm³/mol. The van der Waals surface area contributed by atoms with E-state index >= 15 is 8.78 Å². The van der Waals surface area contributed by atoms with Crippen LogP contribution in [0.15, 0.2) is 52.2 Å². The summed E-state index contributed by atoms with van der Waals surface area (Å²) in [6, 6.07) is 3.79. The molecule has 0 aromatic heterocycles. The second-order valence-electron chi connectivity index (χ2n) is 14.2. The number of nitrogens with zero attached hydrogens (tertiary/aromatic N) is 2. The van der Waals surface area contributed by atoms with Crippen LogP contribution < -0.4 is 24.8 Å². The number of halogens is 3. The van der Waals surface area contributed by atoms with Gasteiger partial charge in [0.2, 0.25) is 5.36 Å². The van der Waals surface area contributed by atoms with Crippen LogP contribution in [0.4, 0.5) is 18.9 Å². The van der Waals surface area contributed by atoms with Crippen molar-refractivity contribution in [3.63, 3.8) is 0 Å². The number of benzene rings is 2. The highest BCUT2D eigenvalue weighted by atomic mass is 32.2. The molecule has 7 rings (SSSR count). The minimum Gasteiger partial charge on any atom is -0.481 e.